The molecule has 9 heteroatoms. The average Bonchev–Trinajstić information content (AvgIpc) is 3.02. The predicted molar refractivity (Wildman–Crippen MR) is 113 cm³/mol. The molecule has 0 bridgehead atoms. The number of nitrogens with zero attached hydrogens (tertiary/aromatic N) is 3. The topological polar surface area (TPSA) is 93.5 Å². The van der Waals surface area contributed by atoms with Gasteiger partial charge in [-0.2, -0.15) is 0 Å². The summed E-state index contributed by atoms with van der Waals surface area (Å²) in [5.74, 6) is -3.12. The Morgan fingerprint density at radius 2 is 1.78 bits per heavy atom. The van der Waals surface area contributed by atoms with Crippen molar-refractivity contribution >= 4 is 23.2 Å². The van der Waals surface area contributed by atoms with Gasteiger partial charge in [0.15, 0.2) is 17.1 Å². The third-order valence-electron chi connectivity index (χ3n) is 5.00. The van der Waals surface area contributed by atoms with Crippen molar-refractivity contribution in [2.75, 3.05) is 5.32 Å². The second kappa shape index (κ2) is 7.92. The van der Waals surface area contributed by atoms with Crippen LogP contribution in [0.25, 0.3) is 11.3 Å². The van der Waals surface area contributed by atoms with Crippen molar-refractivity contribution in [2.24, 2.45) is 5.16 Å². The molecule has 1 aliphatic heterocycles. The number of carbonyl (C=O) groups excluding carboxylic acids is 2. The molecular formula is C23H18F2N4O3. The highest BCUT2D eigenvalue weighted by Gasteiger charge is 2.40. The number of halogens is 2. The summed E-state index contributed by atoms with van der Waals surface area (Å²) in [6, 6.07) is 8.51. The zero-order chi connectivity index (χ0) is 23.0. The van der Waals surface area contributed by atoms with Gasteiger partial charge < -0.3 is 10.2 Å². The summed E-state index contributed by atoms with van der Waals surface area (Å²) >= 11 is 0. The number of benzene rings is 2. The largest absolute Gasteiger partial charge is 0.381 e. The molecule has 7 nitrogen and oxygen atoms in total. The van der Waals surface area contributed by atoms with Crippen LogP contribution in [0.3, 0.4) is 0 Å². The van der Waals surface area contributed by atoms with E-state index in [9.17, 15) is 18.4 Å². The SMILES string of the molecule is Cc1ccc(C2=NOC(C)(C)C2=O)cc1-c1cnc(NC(=O)c2c(F)cccc2F)cn1. The van der Waals surface area contributed by atoms with Gasteiger partial charge in [-0.3, -0.25) is 14.6 Å². The second-order valence-corrected chi connectivity index (χ2v) is 7.74. The lowest BCUT2D eigenvalue weighted by Crippen LogP contribution is -2.33. The number of nitrogens with one attached hydrogen (secondary N) is 1. The van der Waals surface area contributed by atoms with Gasteiger partial charge in [-0.25, -0.2) is 13.8 Å². The number of ketones is 1. The molecule has 4 rings (SSSR count). The number of rotatable bonds is 4. The maximum Gasteiger partial charge on any atom is 0.262 e. The first-order chi connectivity index (χ1) is 15.2. The molecule has 3 aromatic rings. The van der Waals surface area contributed by atoms with Gasteiger partial charge in [-0.05, 0) is 44.5 Å². The number of hydrogen-bond acceptors (Lipinski definition) is 6. The van der Waals surface area contributed by atoms with Crippen LogP contribution in [0.5, 0.6) is 0 Å². The highest BCUT2D eigenvalue weighted by molar-refractivity contribution is 6.49. The standard InChI is InChI=1S/C23H18F2N4O3/c1-12-7-8-13(20-21(30)23(2,3)32-29-20)9-14(12)17-10-27-18(11-26-17)28-22(31)19-15(24)5-4-6-16(19)25/h4-11H,1-3H3,(H,27,28,31). The van der Waals surface area contributed by atoms with Crippen molar-refractivity contribution in [3.8, 4) is 11.3 Å². The average molecular weight is 436 g/mol. The molecule has 1 N–H and O–H groups in total. The molecule has 162 valence electrons. The summed E-state index contributed by atoms with van der Waals surface area (Å²) in [4.78, 5) is 38.4. The Hall–Kier alpha value is -4.01. The third kappa shape index (κ3) is 3.84. The van der Waals surface area contributed by atoms with E-state index in [0.29, 0.717) is 16.8 Å². The molecule has 0 radical (unpaired) electrons. The van der Waals surface area contributed by atoms with Crippen LogP contribution in [0.1, 0.15) is 35.3 Å². The summed E-state index contributed by atoms with van der Waals surface area (Å²) in [6.07, 6.45) is 2.70. The van der Waals surface area contributed by atoms with Crippen LogP contribution in [0.2, 0.25) is 0 Å². The van der Waals surface area contributed by atoms with Crippen LogP contribution in [0.4, 0.5) is 14.6 Å². The number of Topliss-reactive ketones (excluding diaryl/α,β-unsaturated/α-hetero) is 1. The molecule has 0 unspecified atom stereocenters. The summed E-state index contributed by atoms with van der Waals surface area (Å²) in [6.45, 7) is 5.16. The Morgan fingerprint density at radius 1 is 1.06 bits per heavy atom. The highest BCUT2D eigenvalue weighted by atomic mass is 19.1. The van der Waals surface area contributed by atoms with E-state index in [-0.39, 0.29) is 17.3 Å². The van der Waals surface area contributed by atoms with Crippen molar-refractivity contribution in [2.45, 2.75) is 26.4 Å². The second-order valence-electron chi connectivity index (χ2n) is 7.74. The number of carbonyl (C=O) groups is 2. The van der Waals surface area contributed by atoms with Crippen LogP contribution < -0.4 is 5.32 Å². The number of aromatic nitrogens is 2. The highest BCUT2D eigenvalue weighted by Crippen LogP contribution is 2.27. The Labute approximate surface area is 182 Å². The van der Waals surface area contributed by atoms with Crippen molar-refractivity contribution in [3.05, 3.63) is 77.1 Å². The van der Waals surface area contributed by atoms with Gasteiger partial charge in [0.05, 0.1) is 18.1 Å². The lowest BCUT2D eigenvalue weighted by atomic mass is 9.93. The molecule has 2 aromatic carbocycles. The van der Waals surface area contributed by atoms with Crippen molar-refractivity contribution in [1.29, 1.82) is 0 Å². The molecule has 0 fully saturated rings. The molecule has 0 aliphatic carbocycles. The summed E-state index contributed by atoms with van der Waals surface area (Å²) in [5.41, 5.74) is 1.14. The molecule has 0 spiro atoms. The molecule has 1 aliphatic rings. The quantitative estimate of drug-likeness (QED) is 0.666. The monoisotopic (exact) mass is 436 g/mol. The molecule has 1 aromatic heterocycles. The molecule has 2 heterocycles. The van der Waals surface area contributed by atoms with Gasteiger partial charge in [-0.1, -0.05) is 23.4 Å². The van der Waals surface area contributed by atoms with E-state index in [0.717, 1.165) is 17.7 Å². The van der Waals surface area contributed by atoms with Gasteiger partial charge in [-0.15, -0.1) is 0 Å². The van der Waals surface area contributed by atoms with Gasteiger partial charge in [0.1, 0.15) is 17.2 Å². The van der Waals surface area contributed by atoms with Gasteiger partial charge in [0.2, 0.25) is 5.78 Å². The number of hydrogen-bond donors (Lipinski definition) is 1. The Balaban J connectivity index is 1.58. The minimum Gasteiger partial charge on any atom is -0.381 e. The van der Waals surface area contributed by atoms with E-state index in [1.165, 1.54) is 18.5 Å². The predicted octanol–water partition coefficient (Wildman–Crippen LogP) is 4.06. The molecule has 0 atom stereocenters. The van der Waals surface area contributed by atoms with Crippen LogP contribution in [0.15, 0.2) is 53.9 Å². The Kier molecular flexibility index (Phi) is 5.25. The lowest BCUT2D eigenvalue weighted by molar-refractivity contribution is -0.128. The molecule has 0 saturated carbocycles. The number of oxime groups is 1. The number of amides is 1. The molecule has 0 saturated heterocycles. The molecule has 32 heavy (non-hydrogen) atoms. The maximum absolute atomic E-state index is 13.8. The lowest BCUT2D eigenvalue weighted by Gasteiger charge is -2.12. The smallest absolute Gasteiger partial charge is 0.262 e. The van der Waals surface area contributed by atoms with Crippen LogP contribution in [-0.2, 0) is 9.63 Å². The van der Waals surface area contributed by atoms with Crippen LogP contribution >= 0.6 is 0 Å². The first-order valence-electron chi connectivity index (χ1n) is 9.67. The van der Waals surface area contributed by atoms with Crippen molar-refractivity contribution in [1.82, 2.24) is 9.97 Å². The fourth-order valence-corrected chi connectivity index (χ4v) is 3.18. The summed E-state index contributed by atoms with van der Waals surface area (Å²) in [5, 5.41) is 6.25. The fourth-order valence-electron chi connectivity index (χ4n) is 3.18. The van der Waals surface area contributed by atoms with Crippen LogP contribution in [-0.4, -0.2) is 33.0 Å². The van der Waals surface area contributed by atoms with E-state index in [1.54, 1.807) is 26.0 Å². The van der Waals surface area contributed by atoms with E-state index in [1.807, 2.05) is 13.0 Å². The van der Waals surface area contributed by atoms with E-state index >= 15 is 0 Å². The fraction of sp³-hybridized carbons (Fsp3) is 0.174. The third-order valence-corrected chi connectivity index (χ3v) is 5.00. The first kappa shape index (κ1) is 21.2. The van der Waals surface area contributed by atoms with Crippen molar-refractivity contribution in [3.63, 3.8) is 0 Å². The summed E-state index contributed by atoms with van der Waals surface area (Å²) < 4.78 is 27.6. The zero-order valence-electron chi connectivity index (χ0n) is 17.4. The normalized spacial score (nSPS) is 14.7. The van der Waals surface area contributed by atoms with E-state index in [4.69, 9.17) is 4.84 Å². The van der Waals surface area contributed by atoms with Gasteiger partial charge >= 0.3 is 0 Å². The molecule has 1 amide bonds. The minimum absolute atomic E-state index is 0.0284. The first-order valence-corrected chi connectivity index (χ1v) is 9.67. The van der Waals surface area contributed by atoms with Gasteiger partial charge in [0, 0.05) is 11.1 Å². The number of aryl methyl sites for hydroxylation is 1. The Morgan fingerprint density at radius 3 is 2.38 bits per heavy atom. The minimum atomic E-state index is -1.02. The molecular weight excluding hydrogens is 418 g/mol. The van der Waals surface area contributed by atoms with E-state index < -0.39 is 28.7 Å². The van der Waals surface area contributed by atoms with Crippen LogP contribution in [0, 0.1) is 18.6 Å². The zero-order valence-corrected chi connectivity index (χ0v) is 17.4. The maximum atomic E-state index is 13.8. The van der Waals surface area contributed by atoms with Crippen molar-refractivity contribution < 1.29 is 23.2 Å². The summed E-state index contributed by atoms with van der Waals surface area (Å²) in [7, 11) is 0. The van der Waals surface area contributed by atoms with E-state index in [2.05, 4.69) is 20.4 Å². The van der Waals surface area contributed by atoms with Gasteiger partial charge in [0.25, 0.3) is 5.91 Å². The number of anilines is 1. The Bertz CT molecular complexity index is 1250.